The molecular formula is C25H41NO3. The number of para-hydroxylation sites is 1. The van der Waals surface area contributed by atoms with Gasteiger partial charge in [0.05, 0.1) is 0 Å². The molecule has 1 aromatic carbocycles. The molecule has 1 rings (SSSR count). The minimum atomic E-state index is -0.693. The lowest BCUT2D eigenvalue weighted by molar-refractivity contribution is -0.137. The highest BCUT2D eigenvalue weighted by atomic mass is 16.4. The average Bonchev–Trinajstić information content (AvgIpc) is 2.70. The van der Waals surface area contributed by atoms with Crippen molar-refractivity contribution in [3.63, 3.8) is 0 Å². The zero-order chi connectivity index (χ0) is 21.3. The molecule has 0 amide bonds. The van der Waals surface area contributed by atoms with E-state index in [4.69, 9.17) is 10.8 Å². The van der Waals surface area contributed by atoms with Crippen LogP contribution in [0.15, 0.2) is 24.3 Å². The first-order valence-electron chi connectivity index (χ1n) is 11.7. The summed E-state index contributed by atoms with van der Waals surface area (Å²) in [5.41, 5.74) is 7.33. The van der Waals surface area contributed by atoms with Crippen molar-refractivity contribution in [2.75, 3.05) is 5.73 Å². The molecule has 0 radical (unpaired) electrons. The summed E-state index contributed by atoms with van der Waals surface area (Å²) in [6.07, 6.45) is 15.7. The van der Waals surface area contributed by atoms with Gasteiger partial charge in [0.25, 0.3) is 0 Å². The SMILES string of the molecule is CCCCCCC(CCCCCCCCCCC(=O)O)C(=O)c1ccccc1N. The minimum absolute atomic E-state index is 0.0903. The number of Topliss-reactive ketones (excluding diaryl/α,β-unsaturated/α-hetero) is 1. The van der Waals surface area contributed by atoms with Crippen molar-refractivity contribution in [3.8, 4) is 0 Å². The number of hydrogen-bond donors (Lipinski definition) is 2. The van der Waals surface area contributed by atoms with Gasteiger partial charge >= 0.3 is 5.97 Å². The highest BCUT2D eigenvalue weighted by Crippen LogP contribution is 2.25. The van der Waals surface area contributed by atoms with Crippen LogP contribution in [0.25, 0.3) is 0 Å². The number of carboxylic acid groups (broad SMARTS) is 1. The summed E-state index contributed by atoms with van der Waals surface area (Å²) < 4.78 is 0. The third kappa shape index (κ3) is 11.7. The molecule has 4 nitrogen and oxygen atoms in total. The van der Waals surface area contributed by atoms with Crippen molar-refractivity contribution in [2.45, 2.75) is 103 Å². The Kier molecular flexibility index (Phi) is 13.9. The summed E-state index contributed by atoms with van der Waals surface area (Å²) in [6.45, 7) is 2.21. The second kappa shape index (κ2) is 16.0. The van der Waals surface area contributed by atoms with Gasteiger partial charge in [0.15, 0.2) is 5.78 Å². The topological polar surface area (TPSA) is 80.4 Å². The molecule has 1 atom stereocenters. The fourth-order valence-electron chi connectivity index (χ4n) is 3.89. The van der Waals surface area contributed by atoms with Crippen LogP contribution in [-0.4, -0.2) is 16.9 Å². The van der Waals surface area contributed by atoms with Crippen LogP contribution in [0.5, 0.6) is 0 Å². The van der Waals surface area contributed by atoms with E-state index >= 15 is 0 Å². The summed E-state index contributed by atoms with van der Waals surface area (Å²) in [6, 6.07) is 7.46. The predicted molar refractivity (Wildman–Crippen MR) is 121 cm³/mol. The summed E-state index contributed by atoms with van der Waals surface area (Å²) >= 11 is 0. The monoisotopic (exact) mass is 403 g/mol. The third-order valence-electron chi connectivity index (χ3n) is 5.70. The Bertz CT molecular complexity index is 585. The number of carboxylic acids is 1. The van der Waals surface area contributed by atoms with Crippen molar-refractivity contribution in [3.05, 3.63) is 29.8 Å². The van der Waals surface area contributed by atoms with Gasteiger partial charge < -0.3 is 10.8 Å². The standard InChI is InChI=1S/C25H41NO3/c1-2-3-4-11-16-21(25(29)22-18-14-15-19-23(22)26)17-12-9-7-5-6-8-10-13-20-24(27)28/h14-15,18-19,21H,2-13,16-17,20,26H2,1H3,(H,27,28). The first-order valence-corrected chi connectivity index (χ1v) is 11.7. The van der Waals surface area contributed by atoms with Gasteiger partial charge in [-0.25, -0.2) is 0 Å². The summed E-state index contributed by atoms with van der Waals surface area (Å²) in [7, 11) is 0. The van der Waals surface area contributed by atoms with Gasteiger partial charge in [-0.05, 0) is 31.4 Å². The Labute approximate surface area is 177 Å². The Morgan fingerprint density at radius 1 is 0.828 bits per heavy atom. The van der Waals surface area contributed by atoms with E-state index < -0.39 is 5.97 Å². The van der Waals surface area contributed by atoms with Gasteiger partial charge in [-0.1, -0.05) is 89.7 Å². The first kappa shape index (κ1) is 25.2. The summed E-state index contributed by atoms with van der Waals surface area (Å²) in [5, 5.41) is 8.63. The highest BCUT2D eigenvalue weighted by molar-refractivity contribution is 6.02. The van der Waals surface area contributed by atoms with Gasteiger partial charge in [0.1, 0.15) is 0 Å². The Morgan fingerprint density at radius 3 is 1.90 bits per heavy atom. The van der Waals surface area contributed by atoms with Crippen LogP contribution in [0.1, 0.15) is 114 Å². The minimum Gasteiger partial charge on any atom is -0.481 e. The predicted octanol–water partition coefficient (Wildman–Crippen LogP) is 7.02. The van der Waals surface area contributed by atoms with Gasteiger partial charge in [0, 0.05) is 23.6 Å². The fourth-order valence-corrected chi connectivity index (χ4v) is 3.89. The van der Waals surface area contributed by atoms with E-state index in [0.29, 0.717) is 17.7 Å². The molecule has 1 unspecified atom stereocenters. The zero-order valence-corrected chi connectivity index (χ0v) is 18.3. The second-order valence-corrected chi connectivity index (χ2v) is 8.26. The van der Waals surface area contributed by atoms with Gasteiger partial charge in [0.2, 0.25) is 0 Å². The lowest BCUT2D eigenvalue weighted by Gasteiger charge is -2.17. The normalized spacial score (nSPS) is 12.0. The van der Waals surface area contributed by atoms with E-state index in [1.165, 1.54) is 38.5 Å². The van der Waals surface area contributed by atoms with E-state index in [2.05, 4.69) is 6.92 Å². The van der Waals surface area contributed by atoms with Gasteiger partial charge in [-0.15, -0.1) is 0 Å². The smallest absolute Gasteiger partial charge is 0.303 e. The molecule has 0 aromatic heterocycles. The van der Waals surface area contributed by atoms with Gasteiger partial charge in [-0.3, -0.25) is 9.59 Å². The molecule has 29 heavy (non-hydrogen) atoms. The fraction of sp³-hybridized carbons (Fsp3) is 0.680. The number of nitrogen functional groups attached to an aromatic ring is 1. The lowest BCUT2D eigenvalue weighted by Crippen LogP contribution is -2.16. The van der Waals surface area contributed by atoms with Crippen LogP contribution in [0.2, 0.25) is 0 Å². The van der Waals surface area contributed by atoms with E-state index in [0.717, 1.165) is 51.4 Å². The average molecular weight is 404 g/mol. The molecule has 0 fully saturated rings. The maximum atomic E-state index is 13.0. The number of aliphatic carboxylic acids is 1. The van der Waals surface area contributed by atoms with Crippen LogP contribution in [0.3, 0.4) is 0 Å². The first-order chi connectivity index (χ1) is 14.1. The van der Waals surface area contributed by atoms with Crippen LogP contribution in [0.4, 0.5) is 5.69 Å². The van der Waals surface area contributed by atoms with E-state index in [9.17, 15) is 9.59 Å². The number of rotatable bonds is 18. The quantitative estimate of drug-likeness (QED) is 0.157. The largest absolute Gasteiger partial charge is 0.481 e. The van der Waals surface area contributed by atoms with E-state index in [1.54, 1.807) is 0 Å². The molecular weight excluding hydrogens is 362 g/mol. The molecule has 0 saturated heterocycles. The van der Waals surface area contributed by atoms with Crippen molar-refractivity contribution in [1.82, 2.24) is 0 Å². The van der Waals surface area contributed by atoms with E-state index in [1.807, 2.05) is 24.3 Å². The number of anilines is 1. The molecule has 0 heterocycles. The van der Waals surface area contributed by atoms with Crippen LogP contribution < -0.4 is 5.73 Å². The van der Waals surface area contributed by atoms with Gasteiger partial charge in [-0.2, -0.15) is 0 Å². The van der Waals surface area contributed by atoms with Crippen LogP contribution in [-0.2, 0) is 4.79 Å². The van der Waals surface area contributed by atoms with Crippen molar-refractivity contribution in [1.29, 1.82) is 0 Å². The van der Waals surface area contributed by atoms with Crippen LogP contribution in [0, 0.1) is 5.92 Å². The number of carbonyl (C=O) groups excluding carboxylic acids is 1. The number of unbranched alkanes of at least 4 members (excludes halogenated alkanes) is 10. The van der Waals surface area contributed by atoms with E-state index in [-0.39, 0.29) is 11.7 Å². The lowest BCUT2D eigenvalue weighted by atomic mass is 9.87. The Morgan fingerprint density at radius 2 is 1.34 bits per heavy atom. The molecule has 164 valence electrons. The van der Waals surface area contributed by atoms with Crippen molar-refractivity contribution < 1.29 is 14.7 Å². The molecule has 0 aliphatic heterocycles. The molecule has 1 aromatic rings. The number of benzene rings is 1. The summed E-state index contributed by atoms with van der Waals surface area (Å²) in [5.74, 6) is -0.383. The molecule has 0 bridgehead atoms. The highest BCUT2D eigenvalue weighted by Gasteiger charge is 2.21. The number of hydrogen-bond acceptors (Lipinski definition) is 3. The Hall–Kier alpha value is -1.84. The molecule has 0 aliphatic rings. The molecule has 0 aliphatic carbocycles. The second-order valence-electron chi connectivity index (χ2n) is 8.26. The summed E-state index contributed by atoms with van der Waals surface area (Å²) in [4.78, 5) is 23.5. The molecule has 3 N–H and O–H groups in total. The zero-order valence-electron chi connectivity index (χ0n) is 18.3. The molecule has 0 spiro atoms. The molecule has 4 heteroatoms. The maximum absolute atomic E-state index is 13.0. The Balaban J connectivity index is 2.31. The maximum Gasteiger partial charge on any atom is 0.303 e. The number of ketones is 1. The van der Waals surface area contributed by atoms with Crippen molar-refractivity contribution in [2.24, 2.45) is 5.92 Å². The van der Waals surface area contributed by atoms with Crippen molar-refractivity contribution >= 4 is 17.4 Å². The molecule has 0 saturated carbocycles. The number of nitrogens with two attached hydrogens (primary N) is 1. The van der Waals surface area contributed by atoms with Crippen LogP contribution >= 0.6 is 0 Å². The third-order valence-corrected chi connectivity index (χ3v) is 5.70. The number of carbonyl (C=O) groups is 2.